The van der Waals surface area contributed by atoms with Crippen molar-refractivity contribution in [1.29, 1.82) is 0 Å². The van der Waals surface area contributed by atoms with Crippen LogP contribution < -0.4 is 4.90 Å². The van der Waals surface area contributed by atoms with E-state index in [-0.39, 0.29) is 10.5 Å². The molecule has 6 nitrogen and oxygen atoms in total. The Bertz CT molecular complexity index is 655. The largest absolute Gasteiger partial charge is 0.465 e. The number of piperazine rings is 1. The Morgan fingerprint density at radius 1 is 1.36 bits per heavy atom. The maximum Gasteiger partial charge on any atom is 0.339 e. The van der Waals surface area contributed by atoms with E-state index in [1.807, 2.05) is 0 Å². The molecule has 2 rings (SSSR count). The van der Waals surface area contributed by atoms with Crippen LogP contribution >= 0.6 is 15.9 Å². The molecule has 0 unspecified atom stereocenters. The van der Waals surface area contributed by atoms with Gasteiger partial charge in [-0.2, -0.15) is 4.31 Å². The van der Waals surface area contributed by atoms with Crippen molar-refractivity contribution < 1.29 is 22.8 Å². The number of carbonyl (C=O) groups is 1. The number of esters is 1. The molecular weight excluding hydrogens is 372 g/mol. The third kappa shape index (κ3) is 3.51. The summed E-state index contributed by atoms with van der Waals surface area (Å²) in [5, 5.41) is 0. The van der Waals surface area contributed by atoms with Gasteiger partial charge in [0, 0.05) is 4.47 Å². The number of nitrogens with zero attached hydrogens (tertiary/aromatic N) is 1. The van der Waals surface area contributed by atoms with Crippen LogP contribution in [0.15, 0.2) is 27.6 Å². The molecule has 8 heteroatoms. The maximum atomic E-state index is 12.8. The summed E-state index contributed by atoms with van der Waals surface area (Å²) in [5.41, 5.74) is 0.0575. The van der Waals surface area contributed by atoms with Crippen LogP contribution in [0.3, 0.4) is 0 Å². The van der Waals surface area contributed by atoms with Crippen molar-refractivity contribution in [3.8, 4) is 0 Å². The average molecular weight is 392 g/mol. The molecule has 0 aromatic heterocycles. The molecule has 1 aromatic carbocycles. The van der Waals surface area contributed by atoms with E-state index < -0.39 is 16.0 Å². The number of likely N-dealkylation sites (N-methyl/N-ethyl adjacent to an activating group) is 1. The molecule has 0 spiro atoms. The lowest BCUT2D eigenvalue weighted by molar-refractivity contribution is -0.901. The van der Waals surface area contributed by atoms with Gasteiger partial charge in [0.1, 0.15) is 0 Å². The quantitative estimate of drug-likeness (QED) is 0.741. The second-order valence-electron chi connectivity index (χ2n) is 5.14. The van der Waals surface area contributed by atoms with Crippen LogP contribution in [0.2, 0.25) is 0 Å². The van der Waals surface area contributed by atoms with Crippen LogP contribution in [-0.4, -0.2) is 58.5 Å². The van der Waals surface area contributed by atoms with Gasteiger partial charge in [0.25, 0.3) is 0 Å². The van der Waals surface area contributed by atoms with Crippen LogP contribution in [0.25, 0.3) is 0 Å². The number of ether oxygens (including phenoxy) is 1. The van der Waals surface area contributed by atoms with Gasteiger partial charge in [0.2, 0.25) is 10.0 Å². The zero-order chi connectivity index (χ0) is 16.3. The predicted molar refractivity (Wildman–Crippen MR) is 85.5 cm³/mol. The van der Waals surface area contributed by atoms with Gasteiger partial charge in [0.05, 0.1) is 50.3 Å². The van der Waals surface area contributed by atoms with Gasteiger partial charge < -0.3 is 9.64 Å². The number of hydrogen-bond acceptors (Lipinski definition) is 4. The lowest BCUT2D eigenvalue weighted by Gasteiger charge is -2.31. The Hall–Kier alpha value is -0.960. The first kappa shape index (κ1) is 17.4. The number of quaternary nitrogens is 1. The lowest BCUT2D eigenvalue weighted by atomic mass is 10.2. The molecule has 1 fully saturated rings. The highest BCUT2D eigenvalue weighted by atomic mass is 79.9. The minimum absolute atomic E-state index is 0.00231. The van der Waals surface area contributed by atoms with E-state index >= 15 is 0 Å². The first-order valence-electron chi connectivity index (χ1n) is 7.11. The molecule has 1 aromatic rings. The summed E-state index contributed by atoms with van der Waals surface area (Å²) in [6, 6.07) is 4.55. The van der Waals surface area contributed by atoms with Crippen molar-refractivity contribution in [3.63, 3.8) is 0 Å². The van der Waals surface area contributed by atoms with Gasteiger partial charge in [-0.05, 0) is 25.1 Å². The zero-order valence-corrected chi connectivity index (χ0v) is 15.0. The van der Waals surface area contributed by atoms with Crippen LogP contribution in [0.1, 0.15) is 17.3 Å². The molecule has 1 aliphatic rings. The Balaban J connectivity index is 2.36. The summed E-state index contributed by atoms with van der Waals surface area (Å²) in [5.74, 6) is -0.655. The van der Waals surface area contributed by atoms with Crippen molar-refractivity contribution in [2.45, 2.75) is 11.8 Å². The summed E-state index contributed by atoms with van der Waals surface area (Å²) in [6.07, 6.45) is 0. The molecule has 0 aliphatic carbocycles. The molecule has 0 amide bonds. The van der Waals surface area contributed by atoms with Crippen molar-refractivity contribution in [2.24, 2.45) is 0 Å². The number of methoxy groups -OCH3 is 1. The standard InChI is InChI=1S/C14H19BrN2O4S/c1-3-16-6-8-17(9-7-16)22(19,20)13-5-4-11(15)10-12(13)14(18)21-2/h4-5,10H,3,6-9H2,1-2H3/p+1. The Morgan fingerprint density at radius 3 is 2.55 bits per heavy atom. The molecule has 1 N–H and O–H groups in total. The molecule has 1 saturated heterocycles. The molecular formula is C14H20BrN2O4S+. The normalized spacial score (nSPS) is 17.4. The predicted octanol–water partition coefficient (Wildman–Crippen LogP) is 0.145. The Labute approximate surface area is 139 Å². The second-order valence-corrected chi connectivity index (χ2v) is 7.96. The van der Waals surface area contributed by atoms with E-state index in [2.05, 4.69) is 22.9 Å². The number of hydrogen-bond donors (Lipinski definition) is 1. The van der Waals surface area contributed by atoms with Crippen LogP contribution in [0, 0.1) is 0 Å². The van der Waals surface area contributed by atoms with Crippen LogP contribution in [0.4, 0.5) is 0 Å². The molecule has 122 valence electrons. The zero-order valence-electron chi connectivity index (χ0n) is 12.6. The number of benzene rings is 1. The van der Waals surface area contributed by atoms with E-state index in [9.17, 15) is 13.2 Å². The summed E-state index contributed by atoms with van der Waals surface area (Å²) in [7, 11) is -2.46. The van der Waals surface area contributed by atoms with E-state index in [1.165, 1.54) is 28.4 Å². The number of sulfonamides is 1. The van der Waals surface area contributed by atoms with E-state index in [4.69, 9.17) is 4.74 Å². The monoisotopic (exact) mass is 391 g/mol. The van der Waals surface area contributed by atoms with Gasteiger partial charge in [0.15, 0.2) is 0 Å². The van der Waals surface area contributed by atoms with Gasteiger partial charge in [-0.25, -0.2) is 13.2 Å². The van der Waals surface area contributed by atoms with Crippen molar-refractivity contribution in [2.75, 3.05) is 39.8 Å². The fraction of sp³-hybridized carbons (Fsp3) is 0.500. The molecule has 22 heavy (non-hydrogen) atoms. The number of nitrogens with one attached hydrogen (secondary N) is 1. The molecule has 0 atom stereocenters. The highest BCUT2D eigenvalue weighted by Gasteiger charge is 2.33. The molecule has 1 heterocycles. The summed E-state index contributed by atoms with van der Waals surface area (Å²) < 4.78 is 32.4. The number of rotatable bonds is 4. The van der Waals surface area contributed by atoms with Crippen molar-refractivity contribution in [3.05, 3.63) is 28.2 Å². The van der Waals surface area contributed by atoms with Gasteiger partial charge in [-0.1, -0.05) is 15.9 Å². The minimum atomic E-state index is -3.70. The number of halogens is 1. The van der Waals surface area contributed by atoms with Gasteiger partial charge in [-0.15, -0.1) is 0 Å². The highest BCUT2D eigenvalue weighted by molar-refractivity contribution is 9.10. The van der Waals surface area contributed by atoms with Crippen LogP contribution in [-0.2, 0) is 14.8 Å². The summed E-state index contributed by atoms with van der Waals surface area (Å²) in [6.45, 7) is 5.55. The second kappa shape index (κ2) is 7.08. The Kier molecular flexibility index (Phi) is 5.60. The summed E-state index contributed by atoms with van der Waals surface area (Å²) >= 11 is 3.25. The first-order valence-corrected chi connectivity index (χ1v) is 9.35. The van der Waals surface area contributed by atoms with Gasteiger partial charge >= 0.3 is 5.97 Å². The third-order valence-electron chi connectivity index (χ3n) is 3.89. The van der Waals surface area contributed by atoms with Crippen LogP contribution in [0.5, 0.6) is 0 Å². The Morgan fingerprint density at radius 2 is 2.00 bits per heavy atom. The smallest absolute Gasteiger partial charge is 0.339 e. The average Bonchev–Trinajstić information content (AvgIpc) is 2.53. The molecule has 0 saturated carbocycles. The van der Waals surface area contributed by atoms with E-state index in [1.54, 1.807) is 6.07 Å². The fourth-order valence-electron chi connectivity index (χ4n) is 2.53. The van der Waals surface area contributed by atoms with Gasteiger partial charge in [-0.3, -0.25) is 0 Å². The fourth-order valence-corrected chi connectivity index (χ4v) is 4.49. The highest BCUT2D eigenvalue weighted by Crippen LogP contribution is 2.24. The molecule has 1 aliphatic heterocycles. The SMILES string of the molecule is CC[NH+]1CCN(S(=O)(=O)c2ccc(Br)cc2C(=O)OC)CC1. The minimum Gasteiger partial charge on any atom is -0.465 e. The lowest BCUT2D eigenvalue weighted by Crippen LogP contribution is -3.14. The first-order chi connectivity index (χ1) is 10.4. The number of carbonyl (C=O) groups excluding carboxylic acids is 1. The van der Waals surface area contributed by atoms with Crippen molar-refractivity contribution in [1.82, 2.24) is 4.31 Å². The molecule has 0 radical (unpaired) electrons. The summed E-state index contributed by atoms with van der Waals surface area (Å²) in [4.78, 5) is 13.3. The van der Waals surface area contributed by atoms with Crippen molar-refractivity contribution >= 4 is 31.9 Å². The van der Waals surface area contributed by atoms with E-state index in [0.717, 1.165) is 19.6 Å². The van der Waals surface area contributed by atoms with E-state index in [0.29, 0.717) is 17.6 Å². The molecule has 0 bridgehead atoms. The third-order valence-corrected chi connectivity index (χ3v) is 6.34. The maximum absolute atomic E-state index is 12.8. The topological polar surface area (TPSA) is 68.1 Å².